The monoisotopic (exact) mass is 211 g/mol. The topological polar surface area (TPSA) is 26.0 Å². The van der Waals surface area contributed by atoms with Crippen molar-refractivity contribution in [3.05, 3.63) is 21.9 Å². The van der Waals surface area contributed by atoms with E-state index < -0.39 is 0 Å². The van der Waals surface area contributed by atoms with Crippen LogP contribution in [0.5, 0.6) is 0 Å². The highest BCUT2D eigenvalue weighted by Crippen LogP contribution is 2.25. The van der Waals surface area contributed by atoms with E-state index in [0.717, 1.165) is 12.8 Å². The van der Waals surface area contributed by atoms with E-state index in [9.17, 15) is 0 Å². The molecule has 2 N–H and O–H groups in total. The normalized spacial score (nSPS) is 13.1. The van der Waals surface area contributed by atoms with Crippen molar-refractivity contribution in [1.29, 1.82) is 0 Å². The van der Waals surface area contributed by atoms with E-state index in [1.807, 2.05) is 11.3 Å². The van der Waals surface area contributed by atoms with Gasteiger partial charge in [0.2, 0.25) is 0 Å². The van der Waals surface area contributed by atoms with Gasteiger partial charge in [0.15, 0.2) is 0 Å². The molecule has 0 spiro atoms. The average Bonchev–Trinajstić information content (AvgIpc) is 2.66. The van der Waals surface area contributed by atoms with Gasteiger partial charge in [-0.15, -0.1) is 11.3 Å². The van der Waals surface area contributed by atoms with E-state index in [2.05, 4.69) is 26.0 Å². The molecule has 0 bridgehead atoms. The lowest BCUT2D eigenvalue weighted by molar-refractivity contribution is 0.587. The van der Waals surface area contributed by atoms with Gasteiger partial charge in [-0.05, 0) is 25.0 Å². The molecule has 1 heterocycles. The van der Waals surface area contributed by atoms with Crippen LogP contribution >= 0.6 is 11.3 Å². The molecular formula is C12H21NS. The SMILES string of the molecule is CCCCCC(N)c1ccc(CC)s1. The van der Waals surface area contributed by atoms with E-state index in [0.29, 0.717) is 0 Å². The van der Waals surface area contributed by atoms with Gasteiger partial charge in [0.1, 0.15) is 0 Å². The molecule has 1 unspecified atom stereocenters. The lowest BCUT2D eigenvalue weighted by atomic mass is 10.1. The van der Waals surface area contributed by atoms with Crippen molar-refractivity contribution in [2.45, 2.75) is 52.0 Å². The average molecular weight is 211 g/mol. The summed E-state index contributed by atoms with van der Waals surface area (Å²) in [5.74, 6) is 0. The Hall–Kier alpha value is -0.340. The number of hydrogen-bond acceptors (Lipinski definition) is 2. The molecule has 0 fully saturated rings. The molecule has 1 rings (SSSR count). The van der Waals surface area contributed by atoms with Crippen LogP contribution < -0.4 is 5.73 Å². The molecule has 0 aromatic carbocycles. The molecule has 1 atom stereocenters. The van der Waals surface area contributed by atoms with Gasteiger partial charge in [-0.2, -0.15) is 0 Å². The van der Waals surface area contributed by atoms with E-state index in [-0.39, 0.29) is 6.04 Å². The van der Waals surface area contributed by atoms with Gasteiger partial charge < -0.3 is 5.73 Å². The number of aryl methyl sites for hydroxylation is 1. The fraction of sp³-hybridized carbons (Fsp3) is 0.667. The van der Waals surface area contributed by atoms with Crippen molar-refractivity contribution in [1.82, 2.24) is 0 Å². The van der Waals surface area contributed by atoms with Crippen LogP contribution in [-0.2, 0) is 6.42 Å². The Kier molecular flexibility index (Phi) is 5.20. The molecule has 14 heavy (non-hydrogen) atoms. The van der Waals surface area contributed by atoms with E-state index in [4.69, 9.17) is 5.73 Å². The highest BCUT2D eigenvalue weighted by atomic mass is 32.1. The Balaban J connectivity index is 2.39. The van der Waals surface area contributed by atoms with Gasteiger partial charge in [-0.25, -0.2) is 0 Å². The second-order valence-electron chi connectivity index (χ2n) is 3.76. The van der Waals surface area contributed by atoms with Gasteiger partial charge in [-0.3, -0.25) is 0 Å². The van der Waals surface area contributed by atoms with Crippen molar-refractivity contribution in [2.75, 3.05) is 0 Å². The highest BCUT2D eigenvalue weighted by Gasteiger charge is 2.07. The van der Waals surface area contributed by atoms with Gasteiger partial charge in [-0.1, -0.05) is 33.1 Å². The van der Waals surface area contributed by atoms with Crippen molar-refractivity contribution in [2.24, 2.45) is 5.73 Å². The predicted octanol–water partition coefficient (Wildman–Crippen LogP) is 3.89. The Morgan fingerprint density at radius 3 is 2.64 bits per heavy atom. The molecule has 0 radical (unpaired) electrons. The third kappa shape index (κ3) is 3.43. The third-order valence-electron chi connectivity index (χ3n) is 2.52. The van der Waals surface area contributed by atoms with Crippen molar-refractivity contribution >= 4 is 11.3 Å². The molecule has 0 aliphatic carbocycles. The Bertz CT molecular complexity index is 255. The second kappa shape index (κ2) is 6.20. The van der Waals surface area contributed by atoms with Crippen LogP contribution in [0, 0.1) is 0 Å². The standard InChI is InChI=1S/C12H21NS/c1-3-5-6-7-11(13)12-9-8-10(4-2)14-12/h8-9,11H,3-7,13H2,1-2H3. The summed E-state index contributed by atoms with van der Waals surface area (Å²) in [6.45, 7) is 4.42. The first-order valence-electron chi connectivity index (χ1n) is 5.62. The third-order valence-corrected chi connectivity index (χ3v) is 3.88. The number of rotatable bonds is 6. The molecule has 0 aliphatic heterocycles. The lowest BCUT2D eigenvalue weighted by Gasteiger charge is -2.08. The molecule has 0 aliphatic rings. The van der Waals surface area contributed by atoms with E-state index in [1.165, 1.54) is 29.0 Å². The summed E-state index contributed by atoms with van der Waals surface area (Å²) in [6, 6.07) is 4.67. The zero-order valence-corrected chi connectivity index (χ0v) is 10.1. The minimum Gasteiger partial charge on any atom is -0.323 e. The summed E-state index contributed by atoms with van der Waals surface area (Å²) in [7, 11) is 0. The molecule has 1 nitrogen and oxygen atoms in total. The number of thiophene rings is 1. The molecule has 80 valence electrons. The molecule has 2 heteroatoms. The molecule has 0 saturated heterocycles. The van der Waals surface area contributed by atoms with E-state index in [1.54, 1.807) is 0 Å². The van der Waals surface area contributed by atoms with Crippen LogP contribution in [0.3, 0.4) is 0 Å². The molecule has 0 saturated carbocycles. The number of unbranched alkanes of at least 4 members (excludes halogenated alkanes) is 2. The zero-order chi connectivity index (χ0) is 10.4. The summed E-state index contributed by atoms with van der Waals surface area (Å²) >= 11 is 1.87. The molecule has 1 aromatic heterocycles. The van der Waals surface area contributed by atoms with Crippen LogP contribution in [0.2, 0.25) is 0 Å². The van der Waals surface area contributed by atoms with Crippen molar-refractivity contribution in [3.63, 3.8) is 0 Å². The zero-order valence-electron chi connectivity index (χ0n) is 9.25. The Morgan fingerprint density at radius 2 is 2.07 bits per heavy atom. The molecular weight excluding hydrogens is 190 g/mol. The van der Waals surface area contributed by atoms with Crippen LogP contribution in [0.1, 0.15) is 55.3 Å². The van der Waals surface area contributed by atoms with E-state index >= 15 is 0 Å². The smallest absolute Gasteiger partial charge is 0.0389 e. The first kappa shape index (κ1) is 11.7. The molecule has 1 aromatic rings. The minimum absolute atomic E-state index is 0.270. The maximum atomic E-state index is 6.11. The van der Waals surface area contributed by atoms with Crippen LogP contribution in [0.25, 0.3) is 0 Å². The maximum absolute atomic E-state index is 6.11. The summed E-state index contributed by atoms with van der Waals surface area (Å²) in [5, 5.41) is 0. The summed E-state index contributed by atoms with van der Waals surface area (Å²) in [4.78, 5) is 2.81. The number of hydrogen-bond donors (Lipinski definition) is 1. The maximum Gasteiger partial charge on any atom is 0.0389 e. The largest absolute Gasteiger partial charge is 0.323 e. The summed E-state index contributed by atoms with van der Waals surface area (Å²) in [5.41, 5.74) is 6.11. The second-order valence-corrected chi connectivity index (χ2v) is 4.96. The van der Waals surface area contributed by atoms with Gasteiger partial charge in [0.05, 0.1) is 0 Å². The Morgan fingerprint density at radius 1 is 1.29 bits per heavy atom. The highest BCUT2D eigenvalue weighted by molar-refractivity contribution is 7.12. The minimum atomic E-state index is 0.270. The first-order valence-corrected chi connectivity index (χ1v) is 6.43. The quantitative estimate of drug-likeness (QED) is 0.710. The van der Waals surface area contributed by atoms with Crippen molar-refractivity contribution < 1.29 is 0 Å². The van der Waals surface area contributed by atoms with Gasteiger partial charge >= 0.3 is 0 Å². The Labute approximate surface area is 91.3 Å². The van der Waals surface area contributed by atoms with Crippen LogP contribution in [0.15, 0.2) is 12.1 Å². The van der Waals surface area contributed by atoms with Crippen molar-refractivity contribution in [3.8, 4) is 0 Å². The molecule has 0 amide bonds. The van der Waals surface area contributed by atoms with Gasteiger partial charge in [0.25, 0.3) is 0 Å². The lowest BCUT2D eigenvalue weighted by Crippen LogP contribution is -2.07. The van der Waals surface area contributed by atoms with Crippen LogP contribution in [0.4, 0.5) is 0 Å². The summed E-state index contributed by atoms with van der Waals surface area (Å²) < 4.78 is 0. The fourth-order valence-electron chi connectivity index (χ4n) is 1.54. The summed E-state index contributed by atoms with van der Waals surface area (Å²) in [6.07, 6.45) is 6.11. The first-order chi connectivity index (χ1) is 6.77. The van der Waals surface area contributed by atoms with Gasteiger partial charge in [0, 0.05) is 15.8 Å². The number of nitrogens with two attached hydrogens (primary N) is 1. The predicted molar refractivity (Wildman–Crippen MR) is 64.8 cm³/mol. The fourth-order valence-corrected chi connectivity index (χ4v) is 2.53. The van der Waals surface area contributed by atoms with Crippen LogP contribution in [-0.4, -0.2) is 0 Å².